The number of hydrogen-bond acceptors (Lipinski definition) is 1. The monoisotopic (exact) mass is 341 g/mol. The molecule has 0 aliphatic rings. The van der Waals surface area contributed by atoms with Crippen LogP contribution < -0.4 is 5.46 Å². The fourth-order valence-corrected chi connectivity index (χ4v) is 2.92. The van der Waals surface area contributed by atoms with Crippen molar-refractivity contribution in [2.45, 2.75) is 38.6 Å². The molecular weight excluding hydrogens is 315 g/mol. The smallest absolute Gasteiger partial charge is 0.161 e. The van der Waals surface area contributed by atoms with Gasteiger partial charge in [-0.2, -0.15) is 0 Å². The van der Waals surface area contributed by atoms with E-state index in [1.54, 1.807) is 0 Å². The number of benzene rings is 3. The maximum atomic E-state index is 10.5. The van der Waals surface area contributed by atoms with Crippen LogP contribution in [0.3, 0.4) is 0 Å². The number of hydrogen-bond donors (Lipinski definition) is 1. The van der Waals surface area contributed by atoms with E-state index in [1.807, 2.05) is 26.0 Å². The zero-order chi connectivity index (χ0) is 18.8. The molecule has 0 atom stereocenters. The minimum absolute atomic E-state index is 0.351. The van der Waals surface area contributed by atoms with Crippen LogP contribution in [0.4, 0.5) is 0 Å². The minimum Gasteiger partial charge on any atom is -0.391 e. The Bertz CT molecular complexity index is 804. The van der Waals surface area contributed by atoms with Gasteiger partial charge in [-0.3, -0.25) is 0 Å². The SMILES string of the molecule is CC(C)(O)C(C)(C)[B]c1cc(-c2ccccc2)cc(-c2ccccc2)c1. The zero-order valence-electron chi connectivity index (χ0n) is 16.0. The molecule has 0 bridgehead atoms. The van der Waals surface area contributed by atoms with E-state index in [9.17, 15) is 5.11 Å². The first kappa shape index (κ1) is 18.5. The van der Waals surface area contributed by atoms with Gasteiger partial charge in [-0.15, -0.1) is 0 Å². The summed E-state index contributed by atoms with van der Waals surface area (Å²) in [5.41, 5.74) is 5.08. The molecule has 0 saturated heterocycles. The summed E-state index contributed by atoms with van der Waals surface area (Å²) in [5, 5.41) is 10.2. The number of rotatable bonds is 5. The van der Waals surface area contributed by atoms with Gasteiger partial charge in [0.2, 0.25) is 0 Å². The summed E-state index contributed by atoms with van der Waals surface area (Å²) in [7, 11) is 2.17. The Morgan fingerprint density at radius 3 is 1.42 bits per heavy atom. The van der Waals surface area contributed by atoms with Crippen LogP contribution in [-0.4, -0.2) is 18.0 Å². The summed E-state index contributed by atoms with van der Waals surface area (Å²) >= 11 is 0. The summed E-state index contributed by atoms with van der Waals surface area (Å²) in [6.45, 7) is 7.88. The molecule has 1 N–H and O–H groups in total. The van der Waals surface area contributed by atoms with Gasteiger partial charge >= 0.3 is 0 Å². The van der Waals surface area contributed by atoms with Crippen LogP contribution in [0, 0.1) is 0 Å². The highest BCUT2D eigenvalue weighted by Gasteiger charge is 2.35. The minimum atomic E-state index is -0.803. The molecule has 0 aliphatic heterocycles. The fourth-order valence-electron chi connectivity index (χ4n) is 2.92. The lowest BCUT2D eigenvalue weighted by atomic mass is 9.45. The van der Waals surface area contributed by atoms with Gasteiger partial charge in [-0.1, -0.05) is 92.1 Å². The predicted octanol–water partition coefficient (Wildman–Crippen LogP) is 5.32. The van der Waals surface area contributed by atoms with Crippen molar-refractivity contribution in [3.8, 4) is 22.3 Å². The Morgan fingerprint density at radius 1 is 0.615 bits per heavy atom. The second-order valence-corrected chi connectivity index (χ2v) is 8.00. The second-order valence-electron chi connectivity index (χ2n) is 8.00. The molecule has 0 amide bonds. The van der Waals surface area contributed by atoms with Gasteiger partial charge in [0.25, 0.3) is 0 Å². The third-order valence-corrected chi connectivity index (χ3v) is 5.27. The van der Waals surface area contributed by atoms with Crippen molar-refractivity contribution in [1.82, 2.24) is 0 Å². The molecule has 3 rings (SSSR count). The first-order chi connectivity index (χ1) is 12.3. The maximum Gasteiger partial charge on any atom is 0.161 e. The lowest BCUT2D eigenvalue weighted by Gasteiger charge is -2.37. The first-order valence-electron chi connectivity index (χ1n) is 9.10. The summed E-state index contributed by atoms with van der Waals surface area (Å²) in [5.74, 6) is 0. The largest absolute Gasteiger partial charge is 0.391 e. The van der Waals surface area contributed by atoms with Crippen LogP contribution in [0.5, 0.6) is 0 Å². The topological polar surface area (TPSA) is 20.2 Å². The molecule has 0 saturated carbocycles. The quantitative estimate of drug-likeness (QED) is 0.623. The Labute approximate surface area is 158 Å². The first-order valence-corrected chi connectivity index (χ1v) is 9.10. The lowest BCUT2D eigenvalue weighted by molar-refractivity contribution is 0.0410. The molecule has 1 nitrogen and oxygen atoms in total. The molecular formula is C24H26BO. The van der Waals surface area contributed by atoms with E-state index in [-0.39, 0.29) is 5.31 Å². The van der Waals surface area contributed by atoms with Crippen LogP contribution in [0.25, 0.3) is 22.3 Å². The molecule has 0 heterocycles. The van der Waals surface area contributed by atoms with E-state index in [0.29, 0.717) is 0 Å². The Kier molecular flexibility index (Phi) is 5.07. The summed E-state index contributed by atoms with van der Waals surface area (Å²) in [6, 6.07) is 27.5. The average Bonchev–Trinajstić information content (AvgIpc) is 2.61. The van der Waals surface area contributed by atoms with E-state index in [0.717, 1.165) is 5.46 Å². The van der Waals surface area contributed by atoms with E-state index in [2.05, 4.69) is 87.9 Å². The molecule has 0 aromatic heterocycles. The van der Waals surface area contributed by atoms with Crippen LogP contribution in [0.1, 0.15) is 27.7 Å². The molecule has 3 aromatic rings. The van der Waals surface area contributed by atoms with Gasteiger partial charge in [-0.25, -0.2) is 0 Å². The van der Waals surface area contributed by atoms with E-state index in [4.69, 9.17) is 0 Å². The van der Waals surface area contributed by atoms with Crippen molar-refractivity contribution >= 4 is 12.7 Å². The van der Waals surface area contributed by atoms with E-state index >= 15 is 0 Å². The highest BCUT2D eigenvalue weighted by Crippen LogP contribution is 2.37. The molecule has 0 aliphatic carbocycles. The van der Waals surface area contributed by atoms with Crippen molar-refractivity contribution in [2.75, 3.05) is 0 Å². The fraction of sp³-hybridized carbons (Fsp3) is 0.250. The maximum absolute atomic E-state index is 10.5. The molecule has 131 valence electrons. The normalized spacial score (nSPS) is 12.0. The van der Waals surface area contributed by atoms with E-state index in [1.165, 1.54) is 22.3 Å². The summed E-state index contributed by atoms with van der Waals surface area (Å²) in [6.07, 6.45) is 0. The Morgan fingerprint density at radius 2 is 1.04 bits per heavy atom. The highest BCUT2D eigenvalue weighted by molar-refractivity contribution is 6.57. The standard InChI is InChI=1S/C24H26BO/c1-23(2,24(3,4)26)25-22-16-20(18-11-7-5-8-12-18)15-21(17-22)19-13-9-6-10-14-19/h5-17,26H,1-4H3. The van der Waals surface area contributed by atoms with Gasteiger partial charge in [0, 0.05) is 0 Å². The Hall–Kier alpha value is -2.32. The summed E-state index contributed by atoms with van der Waals surface area (Å²) in [4.78, 5) is 0. The molecule has 1 radical (unpaired) electrons. The predicted molar refractivity (Wildman–Crippen MR) is 113 cm³/mol. The molecule has 0 fully saturated rings. The van der Waals surface area contributed by atoms with Gasteiger partial charge in [0.1, 0.15) is 0 Å². The molecule has 26 heavy (non-hydrogen) atoms. The molecule has 0 spiro atoms. The van der Waals surface area contributed by atoms with Crippen LogP contribution >= 0.6 is 0 Å². The highest BCUT2D eigenvalue weighted by atomic mass is 16.3. The van der Waals surface area contributed by atoms with Gasteiger partial charge in [0.15, 0.2) is 7.28 Å². The third kappa shape index (κ3) is 4.08. The Balaban J connectivity index is 2.10. The third-order valence-electron chi connectivity index (χ3n) is 5.27. The van der Waals surface area contributed by atoms with Crippen molar-refractivity contribution < 1.29 is 5.11 Å². The van der Waals surface area contributed by atoms with Crippen LogP contribution in [0.2, 0.25) is 5.31 Å². The lowest BCUT2D eigenvalue weighted by Crippen LogP contribution is -2.41. The second kappa shape index (κ2) is 7.13. The molecule has 0 unspecified atom stereocenters. The van der Waals surface area contributed by atoms with Gasteiger partial charge in [-0.05, 0) is 47.5 Å². The van der Waals surface area contributed by atoms with Crippen molar-refractivity contribution in [3.05, 3.63) is 78.9 Å². The van der Waals surface area contributed by atoms with Crippen molar-refractivity contribution in [3.63, 3.8) is 0 Å². The zero-order valence-corrected chi connectivity index (χ0v) is 16.0. The van der Waals surface area contributed by atoms with Crippen LogP contribution in [0.15, 0.2) is 78.9 Å². The van der Waals surface area contributed by atoms with Gasteiger partial charge in [0.05, 0.1) is 5.60 Å². The molecule has 2 heteroatoms. The number of aliphatic hydroxyl groups is 1. The van der Waals surface area contributed by atoms with Crippen LogP contribution in [-0.2, 0) is 0 Å². The van der Waals surface area contributed by atoms with Crippen molar-refractivity contribution in [1.29, 1.82) is 0 Å². The average molecular weight is 341 g/mol. The van der Waals surface area contributed by atoms with E-state index < -0.39 is 5.60 Å². The summed E-state index contributed by atoms with van der Waals surface area (Å²) < 4.78 is 0. The molecule has 3 aromatic carbocycles. The van der Waals surface area contributed by atoms with Crippen molar-refractivity contribution in [2.24, 2.45) is 0 Å². The van der Waals surface area contributed by atoms with Gasteiger partial charge < -0.3 is 5.11 Å².